The van der Waals surface area contributed by atoms with E-state index in [1.807, 2.05) is 27.7 Å². The molecule has 0 spiro atoms. The number of thioether (sulfide) groups is 1. The smallest absolute Gasteiger partial charge is 0.138 e. The first-order valence-corrected chi connectivity index (χ1v) is 14.5. The maximum atomic E-state index is 10.7. The van der Waals surface area contributed by atoms with E-state index in [9.17, 15) is 4.21 Å². The van der Waals surface area contributed by atoms with Gasteiger partial charge in [0.15, 0.2) is 0 Å². The van der Waals surface area contributed by atoms with E-state index in [0.29, 0.717) is 11.5 Å². The standard InChI is InChI=1S/C6H10NO2S.C6H10NOS.I2.HI.2Y/c1-6(2)4-5(7-9-6)10(3)8;1-6(2)4-5(9-3)7-8-6;1-2;;;/h3-4H2,1-2H3;3-4H2,1-2H3;;1H;;/q2*-1;;;;. The Morgan fingerprint density at radius 2 is 1.50 bits per heavy atom. The van der Waals surface area contributed by atoms with E-state index >= 15 is 0 Å². The van der Waals surface area contributed by atoms with Crippen LogP contribution in [0.2, 0.25) is 0 Å². The molecule has 0 bridgehead atoms. The summed E-state index contributed by atoms with van der Waals surface area (Å²) >= 11 is 5.65. The molecule has 0 saturated carbocycles. The molecule has 2 radical (unpaired) electrons. The van der Waals surface area contributed by atoms with Crippen molar-refractivity contribution >= 4 is 93.9 Å². The van der Waals surface area contributed by atoms with Gasteiger partial charge in [0, 0.05) is 115 Å². The van der Waals surface area contributed by atoms with Crippen LogP contribution in [0.4, 0.5) is 0 Å². The molecule has 0 fully saturated rings. The molecule has 138 valence electrons. The molecule has 2 aliphatic heterocycles. The minimum absolute atomic E-state index is 0. The predicted octanol–water partition coefficient (Wildman–Crippen LogP) is 5.45. The predicted molar refractivity (Wildman–Crippen MR) is 124 cm³/mol. The minimum Gasteiger partial charge on any atom is -0.389 e. The van der Waals surface area contributed by atoms with Gasteiger partial charge in [-0.05, 0) is 27.7 Å². The minimum atomic E-state index is -1.21. The molecule has 0 saturated heterocycles. The van der Waals surface area contributed by atoms with Crippen LogP contribution in [-0.4, -0.2) is 25.5 Å². The van der Waals surface area contributed by atoms with Crippen LogP contribution in [0.25, 0.3) is 0 Å². The Morgan fingerprint density at radius 3 is 1.67 bits per heavy atom. The largest absolute Gasteiger partial charge is 0.389 e. The molecule has 24 heavy (non-hydrogen) atoms. The van der Waals surface area contributed by atoms with Crippen LogP contribution in [0.1, 0.15) is 40.5 Å². The summed E-state index contributed by atoms with van der Waals surface area (Å²) in [5, 5.41) is 9.00. The van der Waals surface area contributed by atoms with Crippen molar-refractivity contribution in [1.29, 1.82) is 0 Å². The third kappa shape index (κ3) is 15.7. The third-order valence-corrected chi connectivity index (χ3v) is 3.67. The fourth-order valence-electron chi connectivity index (χ4n) is 1.41. The van der Waals surface area contributed by atoms with Crippen molar-refractivity contribution in [3.05, 3.63) is 12.5 Å². The van der Waals surface area contributed by atoms with Gasteiger partial charge >= 0.3 is 0 Å². The molecule has 2 heterocycles. The Labute approximate surface area is 243 Å². The molecule has 5 nitrogen and oxygen atoms in total. The first-order chi connectivity index (χ1) is 9.65. The second-order valence-electron chi connectivity index (χ2n) is 5.52. The molecule has 0 aromatic carbocycles. The summed E-state index contributed by atoms with van der Waals surface area (Å²) in [7, 11) is -1.21. The molecular weight excluding hydrogens is 843 g/mol. The first-order valence-electron chi connectivity index (χ1n) is 5.93. The molecule has 2 rings (SSSR count). The van der Waals surface area contributed by atoms with E-state index in [-0.39, 0.29) is 101 Å². The van der Waals surface area contributed by atoms with Crippen LogP contribution in [0.15, 0.2) is 10.3 Å². The Bertz CT molecular complexity index is 440. The maximum absolute atomic E-state index is 10.7. The van der Waals surface area contributed by atoms with E-state index in [4.69, 9.17) is 9.68 Å². The molecule has 0 N–H and O–H groups in total. The molecule has 2 aliphatic rings. The van der Waals surface area contributed by atoms with Gasteiger partial charge in [0.25, 0.3) is 0 Å². The molecular formula is C12H21I3N2O3S2Y2-2. The third-order valence-electron chi connectivity index (χ3n) is 2.37. The maximum Gasteiger partial charge on any atom is 0.138 e. The van der Waals surface area contributed by atoms with Gasteiger partial charge in [0.1, 0.15) is 16.2 Å². The number of halogens is 3. The van der Waals surface area contributed by atoms with Gasteiger partial charge in [-0.2, -0.15) is 0 Å². The molecule has 1 unspecified atom stereocenters. The van der Waals surface area contributed by atoms with Crippen molar-refractivity contribution in [3.8, 4) is 0 Å². The first kappa shape index (κ1) is 35.3. The number of hydrogen-bond donors (Lipinski definition) is 0. The summed E-state index contributed by atoms with van der Waals surface area (Å²) in [6.07, 6.45) is 8.49. The van der Waals surface area contributed by atoms with Gasteiger partial charge in [-0.15, -0.1) is 24.0 Å². The Kier molecular flexibility index (Phi) is 26.0. The van der Waals surface area contributed by atoms with Gasteiger partial charge in [0.05, 0.1) is 5.04 Å². The number of rotatable bonds is 0. The quantitative estimate of drug-likeness (QED) is 0.241. The zero-order valence-corrected chi connectivity index (χ0v) is 28.0. The van der Waals surface area contributed by atoms with Gasteiger partial charge < -0.3 is 21.4 Å². The Morgan fingerprint density at radius 1 is 1.08 bits per heavy atom. The fraction of sp³-hybridized carbons (Fsp3) is 0.667. The number of nitrogens with zero attached hydrogens (tertiary/aromatic N) is 2. The van der Waals surface area contributed by atoms with Gasteiger partial charge in [-0.25, -0.2) is 6.26 Å². The summed E-state index contributed by atoms with van der Waals surface area (Å²) < 4.78 is 10.7. The van der Waals surface area contributed by atoms with Crippen LogP contribution in [0, 0.1) is 12.5 Å². The van der Waals surface area contributed by atoms with Crippen molar-refractivity contribution in [2.24, 2.45) is 10.3 Å². The van der Waals surface area contributed by atoms with Crippen LogP contribution in [-0.2, 0) is 85.9 Å². The summed E-state index contributed by atoms with van der Waals surface area (Å²) in [6.45, 7) is 7.83. The van der Waals surface area contributed by atoms with Crippen LogP contribution in [0.3, 0.4) is 0 Å². The van der Waals surface area contributed by atoms with Crippen molar-refractivity contribution in [2.75, 3.05) is 0 Å². The molecule has 0 aromatic rings. The van der Waals surface area contributed by atoms with Crippen LogP contribution in [0.5, 0.6) is 0 Å². The van der Waals surface area contributed by atoms with E-state index in [1.165, 1.54) is 11.8 Å². The topological polar surface area (TPSA) is 60.2 Å². The zero-order valence-electron chi connectivity index (χ0n) is 14.1. The second-order valence-corrected chi connectivity index (χ2v) is 7.44. The Hall–Kier alpha value is 3.84. The summed E-state index contributed by atoms with van der Waals surface area (Å²) in [4.78, 5) is 10.0. The molecule has 0 amide bonds. The van der Waals surface area contributed by atoms with Gasteiger partial charge in [0.2, 0.25) is 0 Å². The van der Waals surface area contributed by atoms with E-state index in [2.05, 4.69) is 60.1 Å². The average molecular weight is 864 g/mol. The summed E-state index contributed by atoms with van der Waals surface area (Å²) in [5.74, 6) is 0. The fourth-order valence-corrected chi connectivity index (χ4v) is 2.57. The van der Waals surface area contributed by atoms with Gasteiger partial charge in [-0.1, -0.05) is 21.1 Å². The number of hydrogen-bond acceptors (Lipinski definition) is 6. The second kappa shape index (κ2) is 17.7. The number of oxime groups is 2. The molecule has 1 atom stereocenters. The van der Waals surface area contributed by atoms with E-state index in [1.54, 1.807) is 0 Å². The molecule has 0 aromatic heterocycles. The normalized spacial score (nSPS) is 19.5. The molecule has 12 heteroatoms. The summed E-state index contributed by atoms with van der Waals surface area (Å²) in [5.41, 5.74) is -0.386. The average Bonchev–Trinajstić information content (AvgIpc) is 2.95. The van der Waals surface area contributed by atoms with Crippen molar-refractivity contribution < 1.29 is 79.3 Å². The molecule has 0 aliphatic carbocycles. The van der Waals surface area contributed by atoms with Crippen molar-refractivity contribution in [2.45, 2.75) is 51.7 Å². The SMILES string of the molecule is I.II.[CH2-]S(=O)C1=NOC(C)(C)C1.[CH2-]SC1=NOC(C)(C)C1.[Y].[Y]. The van der Waals surface area contributed by atoms with Crippen LogP contribution >= 0.6 is 73.0 Å². The zero-order chi connectivity index (χ0) is 16.7. The van der Waals surface area contributed by atoms with E-state index in [0.717, 1.165) is 11.5 Å². The van der Waals surface area contributed by atoms with Crippen molar-refractivity contribution in [3.63, 3.8) is 0 Å². The van der Waals surface area contributed by atoms with Crippen LogP contribution < -0.4 is 0 Å². The van der Waals surface area contributed by atoms with Gasteiger partial charge in [-0.3, -0.25) is 10.5 Å². The monoisotopic (exact) mass is 864 g/mol. The summed E-state index contributed by atoms with van der Waals surface area (Å²) in [6, 6.07) is 0. The van der Waals surface area contributed by atoms with Crippen molar-refractivity contribution in [1.82, 2.24) is 0 Å². The Balaban J connectivity index is -0.000000136. The van der Waals surface area contributed by atoms with E-state index < -0.39 is 10.8 Å².